The van der Waals surface area contributed by atoms with Crippen LogP contribution in [0.2, 0.25) is 0 Å². The highest BCUT2D eigenvalue weighted by Gasteiger charge is 2.34. The van der Waals surface area contributed by atoms with E-state index < -0.39 is 0 Å². The van der Waals surface area contributed by atoms with Crippen molar-refractivity contribution in [3.05, 3.63) is 179 Å². The molecule has 0 spiro atoms. The summed E-state index contributed by atoms with van der Waals surface area (Å²) in [6, 6.07) is 48.2. The Labute approximate surface area is 740 Å². The summed E-state index contributed by atoms with van der Waals surface area (Å²) in [5.41, 5.74) is 25.7. The zero-order valence-corrected chi connectivity index (χ0v) is 75.9. The van der Waals surface area contributed by atoms with Gasteiger partial charge >= 0.3 is 0 Å². The van der Waals surface area contributed by atoms with E-state index in [4.69, 9.17) is 59.3 Å². The third-order valence-corrected chi connectivity index (χ3v) is 24.5. The van der Waals surface area contributed by atoms with Gasteiger partial charge in [-0.05, 0) is 172 Å². The number of methoxy groups -OCH3 is 4. The Morgan fingerprint density at radius 3 is 1.13 bits per heavy atom. The number of benzene rings is 5. The van der Waals surface area contributed by atoms with Gasteiger partial charge in [-0.25, -0.2) is 38.0 Å². The monoisotopic (exact) mass is 1720 g/mol. The van der Waals surface area contributed by atoms with E-state index in [1.165, 1.54) is 30.5 Å². The van der Waals surface area contributed by atoms with Crippen molar-refractivity contribution >= 4 is 86.4 Å². The summed E-state index contributed by atoms with van der Waals surface area (Å²) in [5.74, 6) is 3.64. The molecule has 5 saturated heterocycles. The molecule has 4 N–H and O–H groups in total. The molecule has 126 heavy (non-hydrogen) atoms. The SMILES string of the molecule is CC(=O)N[C@@H]1CCN(c2cc(C)nn3c(-c4ccc(C)cc4)c(C)nc23)C1.CC(=O)N[C@@H]1CCN(c2cc(C)nn3c(-c4cccc(N5CCCCC5)c4)c(C)nc23)C1.CCSc1cc(N2CC[C@@H](NC(C)=O)C2)c2nc(C)c(-c3ccc(OC)c(OC)c3)n2n1.COc1ccc(-c2c(C)nc3c(N4CC[C@@H](NC(C)=O)C4)cc(-c4ccccc4)nn23)cc1OC. The number of amides is 4. The van der Waals surface area contributed by atoms with Crippen molar-refractivity contribution in [2.24, 2.45) is 0 Å². The van der Waals surface area contributed by atoms with Crippen LogP contribution in [0.15, 0.2) is 145 Å². The third kappa shape index (κ3) is 19.3. The van der Waals surface area contributed by atoms with Crippen LogP contribution in [0.5, 0.6) is 23.0 Å². The Balaban J connectivity index is 0.000000130. The lowest BCUT2D eigenvalue weighted by atomic mass is 10.1. The van der Waals surface area contributed by atoms with Gasteiger partial charge in [-0.2, -0.15) is 20.4 Å². The first-order valence-corrected chi connectivity index (χ1v) is 44.5. The number of imidazole rings is 4. The number of fused-ring (bicyclic) bond motifs is 4. The van der Waals surface area contributed by atoms with Crippen molar-refractivity contribution in [1.29, 1.82) is 0 Å². The first-order chi connectivity index (χ1) is 60.8. The second-order valence-electron chi connectivity index (χ2n) is 33.2. The second kappa shape index (κ2) is 38.6. The van der Waals surface area contributed by atoms with E-state index in [9.17, 15) is 19.2 Å². The van der Waals surface area contributed by atoms with Crippen LogP contribution in [0, 0.1) is 48.5 Å². The van der Waals surface area contributed by atoms with Gasteiger partial charge in [-0.15, -0.1) is 11.8 Å². The number of aromatic nitrogens is 12. The van der Waals surface area contributed by atoms with E-state index in [-0.39, 0.29) is 47.8 Å². The van der Waals surface area contributed by atoms with Gasteiger partial charge in [0.05, 0.1) is 114 Å². The molecule has 13 aromatic rings. The third-order valence-electron chi connectivity index (χ3n) is 23.8. The predicted octanol–water partition coefficient (Wildman–Crippen LogP) is 14.4. The largest absolute Gasteiger partial charge is 0.493 e. The number of carbonyl (C=O) groups is 4. The van der Waals surface area contributed by atoms with Crippen LogP contribution < -0.4 is 64.7 Å². The molecule has 8 aromatic heterocycles. The normalized spacial score (nSPS) is 16.8. The summed E-state index contributed by atoms with van der Waals surface area (Å²) in [6.45, 7) is 31.5. The van der Waals surface area contributed by atoms with E-state index in [0.717, 1.165) is 238 Å². The lowest BCUT2D eigenvalue weighted by Crippen LogP contribution is -2.35. The molecule has 0 radical (unpaired) electrons. The Bertz CT molecular complexity index is 6160. The Morgan fingerprint density at radius 2 is 0.730 bits per heavy atom. The van der Waals surface area contributed by atoms with E-state index in [1.807, 2.05) is 107 Å². The average molecular weight is 1720 g/mol. The maximum Gasteiger partial charge on any atom is 0.217 e. The molecule has 658 valence electrons. The molecule has 0 bridgehead atoms. The Morgan fingerprint density at radius 1 is 0.365 bits per heavy atom. The maximum atomic E-state index is 11.6. The van der Waals surface area contributed by atoms with Gasteiger partial charge in [0.1, 0.15) is 5.03 Å². The summed E-state index contributed by atoms with van der Waals surface area (Å²) in [7, 11) is 6.52. The summed E-state index contributed by atoms with van der Waals surface area (Å²) in [6.07, 6.45) is 7.53. The Hall–Kier alpha value is -13.0. The minimum absolute atomic E-state index is 0.00547. The van der Waals surface area contributed by atoms with Crippen molar-refractivity contribution < 1.29 is 38.1 Å². The minimum Gasteiger partial charge on any atom is -0.493 e. The summed E-state index contributed by atoms with van der Waals surface area (Å²) in [5, 5.41) is 32.7. The highest BCUT2D eigenvalue weighted by Crippen LogP contribution is 2.42. The molecular weight excluding hydrogens is 1610 g/mol. The minimum atomic E-state index is -0.00547. The number of rotatable bonds is 20. The molecule has 5 aliphatic rings. The number of thioether (sulfide) groups is 1. The number of hydrogen-bond donors (Lipinski definition) is 4. The molecule has 29 nitrogen and oxygen atoms in total. The molecule has 18 rings (SSSR count). The molecule has 5 fully saturated rings. The van der Waals surface area contributed by atoms with Crippen LogP contribution >= 0.6 is 11.8 Å². The van der Waals surface area contributed by atoms with Gasteiger partial charge in [-0.1, -0.05) is 79.2 Å². The number of carbonyl (C=O) groups excluding carboxylic acids is 4. The van der Waals surface area contributed by atoms with Crippen LogP contribution in [-0.2, 0) is 19.2 Å². The molecule has 30 heteroatoms. The van der Waals surface area contributed by atoms with Crippen LogP contribution in [0.3, 0.4) is 0 Å². The summed E-state index contributed by atoms with van der Waals surface area (Å²) >= 11 is 1.70. The number of hydrogen-bond acceptors (Lipinski definition) is 22. The van der Waals surface area contributed by atoms with E-state index >= 15 is 0 Å². The van der Waals surface area contributed by atoms with Crippen molar-refractivity contribution in [1.82, 2.24) is 79.7 Å². The number of ether oxygens (including phenoxy) is 4. The fourth-order valence-electron chi connectivity index (χ4n) is 18.1. The molecule has 0 unspecified atom stereocenters. The molecule has 4 atom stereocenters. The number of piperidine rings is 1. The van der Waals surface area contributed by atoms with Gasteiger partial charge in [0.25, 0.3) is 0 Å². The standard InChI is InChI=1S/C27H29N5O3.C25H32N6O.C23H29N5O3S.C21H25N5O/c1-17-26(20-10-11-24(34-3)25(14-20)35-4)32-27(28-17)23(31-13-12-21(16-31)29-18(2)33)15-22(30-32)19-8-6-5-7-9-19;1-17-14-23(30-13-10-21(16-30)27-19(3)32)25-26-18(2)24(31(25)28-17)20-8-7-9-22(15-20)29-11-5-4-6-12-29;1-6-32-21-12-18(27-10-9-17(13-27)25-15(3)29)23-24-14(2)22(28(23)26-21)16-7-8-19(30-4)20(11-16)31-5;1-13-5-7-17(8-6-13)20-15(3)22-21-19(11-14(2)24-26(20)21)25-10-9-18(12-25)23-16(4)27/h5-11,14-15,21H,12-13,16H2,1-4H3,(H,29,33);7-9,14-15,21H,4-6,10-13,16H2,1-3H3,(H,27,32);7-8,11-12,17H,6,9-10,13H2,1-5H3,(H,25,29);5-8,11,18H,9-10,12H2,1-4H3,(H,23,27)/t2*21-;17-;18-/m1111/s1. The number of nitrogens with zero attached hydrogens (tertiary/aromatic N) is 17. The van der Waals surface area contributed by atoms with Crippen LogP contribution in [0.25, 0.3) is 78.9 Å². The average Bonchev–Trinajstić information content (AvgIpc) is 1.60. The molecule has 5 aromatic carbocycles. The van der Waals surface area contributed by atoms with E-state index in [0.29, 0.717) is 23.0 Å². The van der Waals surface area contributed by atoms with Crippen molar-refractivity contribution in [3.63, 3.8) is 0 Å². The highest BCUT2D eigenvalue weighted by molar-refractivity contribution is 7.99. The molecule has 0 aliphatic carbocycles. The van der Waals surface area contributed by atoms with Crippen molar-refractivity contribution in [2.45, 2.75) is 157 Å². The second-order valence-corrected chi connectivity index (χ2v) is 34.5. The fourth-order valence-corrected chi connectivity index (χ4v) is 18.7. The molecule has 4 amide bonds. The fraction of sp³-hybridized carbons (Fsp3) is 0.396. The zero-order chi connectivity index (χ0) is 88.7. The molecule has 13 heterocycles. The van der Waals surface area contributed by atoms with Crippen molar-refractivity contribution in [3.8, 4) is 79.3 Å². The smallest absolute Gasteiger partial charge is 0.217 e. The van der Waals surface area contributed by atoms with Crippen LogP contribution in [-0.4, -0.2) is 206 Å². The van der Waals surface area contributed by atoms with Crippen LogP contribution in [0.1, 0.15) is 119 Å². The first kappa shape index (κ1) is 87.9. The number of anilines is 5. The predicted molar refractivity (Wildman–Crippen MR) is 499 cm³/mol. The highest BCUT2D eigenvalue weighted by atomic mass is 32.2. The van der Waals surface area contributed by atoms with Gasteiger partial charge in [0.15, 0.2) is 45.6 Å². The topological polar surface area (TPSA) is 290 Å². The Kier molecular flexibility index (Phi) is 27.0. The lowest BCUT2D eigenvalue weighted by molar-refractivity contribution is -0.120. The molecule has 5 aliphatic heterocycles. The molecular formula is C96H115N21O8S. The molecule has 0 saturated carbocycles. The van der Waals surface area contributed by atoms with E-state index in [1.54, 1.807) is 67.9 Å². The van der Waals surface area contributed by atoms with Crippen molar-refractivity contribution in [2.75, 3.05) is 124 Å². The summed E-state index contributed by atoms with van der Waals surface area (Å²) < 4.78 is 29.7. The van der Waals surface area contributed by atoms with Crippen LogP contribution in [0.4, 0.5) is 28.4 Å². The van der Waals surface area contributed by atoms with E-state index in [2.05, 4.69) is 151 Å². The number of aryl methyl sites for hydroxylation is 7. The zero-order valence-electron chi connectivity index (χ0n) is 75.1. The number of nitrogens with one attached hydrogen (secondary N) is 4. The van der Waals surface area contributed by atoms with Gasteiger partial charge in [0.2, 0.25) is 23.6 Å². The quantitative estimate of drug-likeness (QED) is 0.0516. The first-order valence-electron chi connectivity index (χ1n) is 43.5. The van der Waals surface area contributed by atoms with Gasteiger partial charge in [0, 0.05) is 151 Å². The lowest BCUT2D eigenvalue weighted by Gasteiger charge is -2.29. The summed E-state index contributed by atoms with van der Waals surface area (Å²) in [4.78, 5) is 77.4. The maximum absolute atomic E-state index is 11.6. The van der Waals surface area contributed by atoms with Gasteiger partial charge in [-0.3, -0.25) is 19.2 Å². The van der Waals surface area contributed by atoms with Gasteiger partial charge < -0.3 is 64.7 Å².